The highest BCUT2D eigenvalue weighted by atomic mass is 16.5. The molecule has 1 N–H and O–H groups in total. The molecule has 4 nitrogen and oxygen atoms in total. The van der Waals surface area contributed by atoms with Gasteiger partial charge in [-0.3, -0.25) is 4.79 Å². The van der Waals surface area contributed by atoms with E-state index < -0.39 is 0 Å². The number of hydrogen-bond donors (Lipinski definition) is 1. The molecule has 2 heterocycles. The summed E-state index contributed by atoms with van der Waals surface area (Å²) < 4.78 is 5.58. The van der Waals surface area contributed by atoms with Crippen LogP contribution >= 0.6 is 0 Å². The van der Waals surface area contributed by atoms with Crippen LogP contribution in [0, 0.1) is 5.41 Å². The topological polar surface area (TPSA) is 41.6 Å². The summed E-state index contributed by atoms with van der Waals surface area (Å²) in [5.74, 6) is 0.305. The van der Waals surface area contributed by atoms with Crippen LogP contribution in [0.1, 0.15) is 39.5 Å². The lowest BCUT2D eigenvalue weighted by Crippen LogP contribution is -2.54. The molecule has 0 spiro atoms. The minimum absolute atomic E-state index is 0.171. The maximum absolute atomic E-state index is 12.8. The van der Waals surface area contributed by atoms with Crippen molar-refractivity contribution < 1.29 is 9.53 Å². The van der Waals surface area contributed by atoms with E-state index in [9.17, 15) is 4.79 Å². The number of hydrogen-bond acceptors (Lipinski definition) is 3. The van der Waals surface area contributed by atoms with Gasteiger partial charge >= 0.3 is 0 Å². The maximum Gasteiger partial charge on any atom is 0.230 e. The van der Waals surface area contributed by atoms with Crippen LogP contribution in [0.3, 0.4) is 0 Å². The van der Waals surface area contributed by atoms with E-state index in [1.807, 2.05) is 11.9 Å². The van der Waals surface area contributed by atoms with E-state index in [1.54, 1.807) is 0 Å². The van der Waals surface area contributed by atoms with E-state index in [4.69, 9.17) is 4.74 Å². The van der Waals surface area contributed by atoms with Gasteiger partial charge in [0.2, 0.25) is 5.91 Å². The van der Waals surface area contributed by atoms with Crippen molar-refractivity contribution in [3.63, 3.8) is 0 Å². The molecule has 0 aromatic carbocycles. The van der Waals surface area contributed by atoms with Crippen LogP contribution < -0.4 is 5.32 Å². The van der Waals surface area contributed by atoms with Gasteiger partial charge in [-0.05, 0) is 39.2 Å². The number of likely N-dealkylation sites (N-methyl/N-ethyl adjacent to an activating group) is 1. The Kier molecular flexibility index (Phi) is 4.28. The molecule has 2 rings (SSSR count). The summed E-state index contributed by atoms with van der Waals surface area (Å²) in [5.41, 5.74) is -0.185. The highest BCUT2D eigenvalue weighted by molar-refractivity contribution is 5.83. The molecule has 3 atom stereocenters. The number of amides is 1. The highest BCUT2D eigenvalue weighted by Gasteiger charge is 2.42. The Morgan fingerprint density at radius 1 is 1.56 bits per heavy atom. The number of piperidine rings is 1. The number of rotatable bonds is 3. The average Bonchev–Trinajstić information content (AvgIpc) is 2.84. The molecule has 18 heavy (non-hydrogen) atoms. The molecule has 4 heteroatoms. The molecular weight excluding hydrogens is 228 g/mol. The van der Waals surface area contributed by atoms with Crippen LogP contribution in [0.15, 0.2) is 0 Å². The van der Waals surface area contributed by atoms with Gasteiger partial charge in [0.1, 0.15) is 0 Å². The number of ether oxygens (including phenoxy) is 1. The molecule has 0 aromatic heterocycles. The van der Waals surface area contributed by atoms with Gasteiger partial charge in [0.15, 0.2) is 0 Å². The zero-order chi connectivity index (χ0) is 13.2. The van der Waals surface area contributed by atoms with Crippen LogP contribution in [0.2, 0.25) is 0 Å². The minimum atomic E-state index is -0.185. The van der Waals surface area contributed by atoms with Gasteiger partial charge in [-0.1, -0.05) is 6.92 Å². The van der Waals surface area contributed by atoms with Crippen LogP contribution in [-0.4, -0.2) is 49.7 Å². The summed E-state index contributed by atoms with van der Waals surface area (Å²) >= 11 is 0. The Labute approximate surface area is 110 Å². The molecule has 0 aliphatic carbocycles. The van der Waals surface area contributed by atoms with Gasteiger partial charge in [0.25, 0.3) is 0 Å². The molecule has 104 valence electrons. The molecule has 3 unspecified atom stereocenters. The maximum atomic E-state index is 12.8. The van der Waals surface area contributed by atoms with E-state index in [0.717, 1.165) is 45.4 Å². The second-order valence-corrected chi connectivity index (χ2v) is 5.76. The minimum Gasteiger partial charge on any atom is -0.376 e. The molecule has 0 bridgehead atoms. The second kappa shape index (κ2) is 5.57. The molecule has 2 saturated heterocycles. The van der Waals surface area contributed by atoms with Crippen molar-refractivity contribution >= 4 is 5.91 Å². The Hall–Kier alpha value is -0.610. The third-order valence-electron chi connectivity index (χ3n) is 4.76. The van der Waals surface area contributed by atoms with Crippen LogP contribution in [0.5, 0.6) is 0 Å². The highest BCUT2D eigenvalue weighted by Crippen LogP contribution is 2.33. The van der Waals surface area contributed by atoms with E-state index >= 15 is 0 Å². The fraction of sp³-hybridized carbons (Fsp3) is 0.929. The quantitative estimate of drug-likeness (QED) is 0.828. The van der Waals surface area contributed by atoms with Gasteiger partial charge in [0.05, 0.1) is 17.6 Å². The third kappa shape index (κ3) is 2.41. The van der Waals surface area contributed by atoms with E-state index in [-0.39, 0.29) is 17.6 Å². The van der Waals surface area contributed by atoms with E-state index in [0.29, 0.717) is 5.91 Å². The molecule has 2 fully saturated rings. The SMILES string of the molecule is CCC1(C(=O)N(C)C2CCOC2C)CCCNC1. The van der Waals surface area contributed by atoms with Gasteiger partial charge in [-0.25, -0.2) is 0 Å². The average molecular weight is 254 g/mol. The van der Waals surface area contributed by atoms with Crippen molar-refractivity contribution in [3.05, 3.63) is 0 Å². The van der Waals surface area contributed by atoms with Crippen molar-refractivity contribution in [1.82, 2.24) is 10.2 Å². The van der Waals surface area contributed by atoms with Gasteiger partial charge in [0, 0.05) is 20.2 Å². The normalized spacial score (nSPS) is 36.6. The molecule has 0 saturated carbocycles. The summed E-state index contributed by atoms with van der Waals surface area (Å²) in [6.45, 7) is 6.85. The first-order valence-corrected chi connectivity index (χ1v) is 7.20. The predicted molar refractivity (Wildman–Crippen MR) is 71.4 cm³/mol. The second-order valence-electron chi connectivity index (χ2n) is 5.76. The van der Waals surface area contributed by atoms with Gasteiger partial charge < -0.3 is 15.0 Å². The molecular formula is C14H26N2O2. The summed E-state index contributed by atoms with van der Waals surface area (Å²) in [4.78, 5) is 14.8. The first-order chi connectivity index (χ1) is 8.60. The lowest BCUT2D eigenvalue weighted by atomic mass is 9.76. The third-order valence-corrected chi connectivity index (χ3v) is 4.76. The first-order valence-electron chi connectivity index (χ1n) is 7.20. The molecule has 1 amide bonds. The summed E-state index contributed by atoms with van der Waals surface area (Å²) in [5, 5.41) is 3.39. The van der Waals surface area contributed by atoms with Gasteiger partial charge in [-0.2, -0.15) is 0 Å². The Bertz CT molecular complexity index is 300. The Morgan fingerprint density at radius 2 is 2.33 bits per heavy atom. The van der Waals surface area contributed by atoms with E-state index in [2.05, 4.69) is 19.2 Å². The van der Waals surface area contributed by atoms with Crippen molar-refractivity contribution in [2.45, 2.75) is 51.7 Å². The van der Waals surface area contributed by atoms with Crippen LogP contribution in [0.25, 0.3) is 0 Å². The fourth-order valence-corrected chi connectivity index (χ4v) is 3.36. The number of carbonyl (C=O) groups excluding carboxylic acids is 1. The molecule has 2 aliphatic rings. The Morgan fingerprint density at radius 3 is 2.83 bits per heavy atom. The van der Waals surface area contributed by atoms with Gasteiger partial charge in [-0.15, -0.1) is 0 Å². The summed E-state index contributed by atoms with van der Waals surface area (Å²) in [6, 6.07) is 0.253. The van der Waals surface area contributed by atoms with Crippen LogP contribution in [0.4, 0.5) is 0 Å². The zero-order valence-corrected chi connectivity index (χ0v) is 11.9. The standard InChI is InChI=1S/C14H26N2O2/c1-4-14(7-5-8-15-10-14)13(17)16(3)12-6-9-18-11(12)2/h11-12,15H,4-10H2,1-3H3. The molecule has 0 radical (unpaired) electrons. The van der Waals surface area contributed by atoms with Crippen LogP contribution in [-0.2, 0) is 9.53 Å². The van der Waals surface area contributed by atoms with Crippen molar-refractivity contribution in [2.24, 2.45) is 5.41 Å². The van der Waals surface area contributed by atoms with Crippen molar-refractivity contribution in [3.8, 4) is 0 Å². The first kappa shape index (κ1) is 13.8. The molecule has 0 aromatic rings. The van der Waals surface area contributed by atoms with E-state index in [1.165, 1.54) is 0 Å². The zero-order valence-electron chi connectivity index (χ0n) is 11.9. The smallest absolute Gasteiger partial charge is 0.230 e. The largest absolute Gasteiger partial charge is 0.376 e. The number of nitrogens with zero attached hydrogens (tertiary/aromatic N) is 1. The summed E-state index contributed by atoms with van der Waals surface area (Å²) in [7, 11) is 1.95. The number of nitrogens with one attached hydrogen (secondary N) is 1. The fourth-order valence-electron chi connectivity index (χ4n) is 3.36. The lowest BCUT2D eigenvalue weighted by molar-refractivity contribution is -0.145. The monoisotopic (exact) mass is 254 g/mol. The summed E-state index contributed by atoms with van der Waals surface area (Å²) in [6.07, 6.45) is 4.18. The van der Waals surface area contributed by atoms with Crippen molar-refractivity contribution in [1.29, 1.82) is 0 Å². The van der Waals surface area contributed by atoms with Crippen molar-refractivity contribution in [2.75, 3.05) is 26.7 Å². The number of carbonyl (C=O) groups is 1. The Balaban J connectivity index is 2.08. The lowest BCUT2D eigenvalue weighted by Gasteiger charge is -2.40. The predicted octanol–water partition coefficient (Wildman–Crippen LogP) is 1.40. The molecule has 2 aliphatic heterocycles.